The maximum atomic E-state index is 6.09. The molecule has 0 amide bonds. The second-order valence-electron chi connectivity index (χ2n) is 9.15. The molecule has 2 aromatic rings. The van der Waals surface area contributed by atoms with Gasteiger partial charge in [-0.3, -0.25) is 9.91 Å². The summed E-state index contributed by atoms with van der Waals surface area (Å²) in [6.07, 6.45) is 6.51. The Morgan fingerprint density at radius 2 is 1.59 bits per heavy atom. The van der Waals surface area contributed by atoms with Gasteiger partial charge >= 0.3 is 0 Å². The zero-order chi connectivity index (χ0) is 23.2. The van der Waals surface area contributed by atoms with Crippen LogP contribution in [0.5, 0.6) is 0 Å². The normalized spacial score (nSPS) is 21.3. The van der Waals surface area contributed by atoms with Crippen LogP contribution in [-0.2, 0) is 11.3 Å². The number of allylic oxidation sites excluding steroid dienone is 2. The first-order chi connectivity index (χ1) is 16.7. The minimum absolute atomic E-state index is 0.772. The highest BCUT2D eigenvalue weighted by Crippen LogP contribution is 2.35. The summed E-state index contributed by atoms with van der Waals surface area (Å²) in [6.45, 7) is 8.48. The Bertz CT molecular complexity index is 1030. The number of rotatable bonds is 6. The summed E-state index contributed by atoms with van der Waals surface area (Å²) >= 11 is 6.09. The van der Waals surface area contributed by atoms with Gasteiger partial charge in [0, 0.05) is 56.5 Å². The monoisotopic (exact) mass is 476 g/mol. The third-order valence-electron chi connectivity index (χ3n) is 6.78. The van der Waals surface area contributed by atoms with Crippen molar-refractivity contribution in [3.05, 3.63) is 87.6 Å². The number of hydrogen-bond acceptors (Lipinski definition) is 5. The van der Waals surface area contributed by atoms with Gasteiger partial charge in [0.25, 0.3) is 0 Å². The molecule has 0 bridgehead atoms. The molecule has 2 aliphatic heterocycles. The zero-order valence-corrected chi connectivity index (χ0v) is 20.5. The average Bonchev–Trinajstić information content (AvgIpc) is 3.28. The quantitative estimate of drug-likeness (QED) is 0.554. The van der Waals surface area contributed by atoms with Crippen molar-refractivity contribution in [2.24, 2.45) is 5.10 Å². The number of halogens is 1. The van der Waals surface area contributed by atoms with E-state index in [1.807, 2.05) is 12.1 Å². The van der Waals surface area contributed by atoms with Gasteiger partial charge in [-0.05, 0) is 53.3 Å². The van der Waals surface area contributed by atoms with E-state index < -0.39 is 0 Å². The van der Waals surface area contributed by atoms with E-state index in [1.165, 1.54) is 28.0 Å². The van der Waals surface area contributed by atoms with Crippen LogP contribution in [0.2, 0.25) is 5.02 Å². The van der Waals surface area contributed by atoms with Crippen molar-refractivity contribution in [3.63, 3.8) is 0 Å². The van der Waals surface area contributed by atoms with E-state index in [1.54, 1.807) is 0 Å². The number of nitrogens with zero attached hydrogens (tertiary/aromatic N) is 4. The van der Waals surface area contributed by atoms with Gasteiger partial charge in [0.2, 0.25) is 0 Å². The predicted octanol–water partition coefficient (Wildman–Crippen LogP) is 4.91. The summed E-state index contributed by atoms with van der Waals surface area (Å²) in [7, 11) is 0. The molecule has 0 spiro atoms. The Morgan fingerprint density at radius 3 is 2.32 bits per heavy atom. The van der Waals surface area contributed by atoms with Gasteiger partial charge in [-0.2, -0.15) is 5.10 Å². The maximum absolute atomic E-state index is 6.09. The fourth-order valence-electron chi connectivity index (χ4n) is 4.94. The lowest BCUT2D eigenvalue weighted by Gasteiger charge is -2.33. The van der Waals surface area contributed by atoms with Crippen LogP contribution < -0.4 is 0 Å². The topological polar surface area (TPSA) is 31.3 Å². The SMILES string of the molecule is Clc1ccc(C=C2CCC(C=NN3CCN(Cc4ccccc4)CC3)=C2N2CCOCC2)cc1. The van der Waals surface area contributed by atoms with Crippen LogP contribution in [0.25, 0.3) is 6.08 Å². The molecule has 0 unspecified atom stereocenters. The lowest BCUT2D eigenvalue weighted by atomic mass is 10.1. The predicted molar refractivity (Wildman–Crippen MR) is 140 cm³/mol. The van der Waals surface area contributed by atoms with Crippen LogP contribution in [0, 0.1) is 0 Å². The fourth-order valence-corrected chi connectivity index (χ4v) is 5.06. The fraction of sp³-hybridized carbons (Fsp3) is 0.393. The van der Waals surface area contributed by atoms with Crippen molar-refractivity contribution in [2.45, 2.75) is 19.4 Å². The largest absolute Gasteiger partial charge is 0.378 e. The van der Waals surface area contributed by atoms with Gasteiger partial charge in [0.1, 0.15) is 0 Å². The van der Waals surface area contributed by atoms with E-state index in [4.69, 9.17) is 21.4 Å². The lowest BCUT2D eigenvalue weighted by molar-refractivity contribution is 0.0548. The van der Waals surface area contributed by atoms with E-state index in [2.05, 4.69) is 69.6 Å². The summed E-state index contributed by atoms with van der Waals surface area (Å²) in [5, 5.41) is 7.93. The van der Waals surface area contributed by atoms with Gasteiger partial charge in [-0.25, -0.2) is 0 Å². The Hall–Kier alpha value is -2.60. The second kappa shape index (κ2) is 11.2. The van der Waals surface area contributed by atoms with E-state index >= 15 is 0 Å². The lowest BCUT2D eigenvalue weighted by Crippen LogP contribution is -2.43. The van der Waals surface area contributed by atoms with Crippen molar-refractivity contribution in [1.82, 2.24) is 14.8 Å². The maximum Gasteiger partial charge on any atom is 0.0642 e. The Morgan fingerprint density at radius 1 is 0.853 bits per heavy atom. The van der Waals surface area contributed by atoms with Gasteiger partial charge in [0.05, 0.1) is 19.4 Å². The molecule has 5 nitrogen and oxygen atoms in total. The molecule has 34 heavy (non-hydrogen) atoms. The number of ether oxygens (including phenoxy) is 1. The molecule has 0 aromatic heterocycles. The van der Waals surface area contributed by atoms with E-state index in [9.17, 15) is 0 Å². The molecule has 2 saturated heterocycles. The number of hydrazone groups is 1. The standard InChI is InChI=1S/C28H33ClN4O/c29-27-10-6-23(7-11-27)20-25-8-9-26(28(25)32-16-18-34-19-17-32)21-30-33-14-12-31(13-15-33)22-24-4-2-1-3-5-24/h1-7,10-11,20-21H,8-9,12-19,22H2. The highest BCUT2D eigenvalue weighted by molar-refractivity contribution is 6.30. The van der Waals surface area contributed by atoms with E-state index in [0.29, 0.717) is 0 Å². The summed E-state index contributed by atoms with van der Waals surface area (Å²) in [4.78, 5) is 5.00. The van der Waals surface area contributed by atoms with Gasteiger partial charge in [-0.1, -0.05) is 54.1 Å². The molecular weight excluding hydrogens is 444 g/mol. The number of piperazine rings is 1. The number of benzene rings is 2. The first-order valence-corrected chi connectivity index (χ1v) is 12.7. The summed E-state index contributed by atoms with van der Waals surface area (Å²) < 4.78 is 5.62. The molecule has 3 aliphatic rings. The first-order valence-electron chi connectivity index (χ1n) is 12.3. The molecule has 5 rings (SSSR count). The summed E-state index contributed by atoms with van der Waals surface area (Å²) in [6, 6.07) is 18.8. The van der Waals surface area contributed by atoms with Crippen LogP contribution >= 0.6 is 11.6 Å². The Kier molecular flexibility index (Phi) is 7.64. The molecule has 1 aliphatic carbocycles. The molecular formula is C28H33ClN4O. The second-order valence-corrected chi connectivity index (χ2v) is 9.59. The van der Waals surface area contributed by atoms with Crippen molar-refractivity contribution in [3.8, 4) is 0 Å². The highest BCUT2D eigenvalue weighted by atomic mass is 35.5. The van der Waals surface area contributed by atoms with Crippen molar-refractivity contribution >= 4 is 23.9 Å². The van der Waals surface area contributed by atoms with Gasteiger partial charge in [-0.15, -0.1) is 0 Å². The van der Waals surface area contributed by atoms with Crippen LogP contribution in [0.1, 0.15) is 24.0 Å². The first kappa shape index (κ1) is 23.2. The third-order valence-corrected chi connectivity index (χ3v) is 7.04. The molecule has 178 valence electrons. The summed E-state index contributed by atoms with van der Waals surface area (Å²) in [5.41, 5.74) is 6.65. The molecule has 0 N–H and O–H groups in total. The average molecular weight is 477 g/mol. The van der Waals surface area contributed by atoms with E-state index in [0.717, 1.165) is 76.9 Å². The summed E-state index contributed by atoms with van der Waals surface area (Å²) in [5.74, 6) is 0. The van der Waals surface area contributed by atoms with Crippen LogP contribution in [0.3, 0.4) is 0 Å². The Balaban J connectivity index is 1.28. The minimum atomic E-state index is 0.772. The van der Waals surface area contributed by atoms with Gasteiger partial charge in [0.15, 0.2) is 0 Å². The van der Waals surface area contributed by atoms with Crippen molar-refractivity contribution in [1.29, 1.82) is 0 Å². The molecule has 2 fully saturated rings. The number of morpholine rings is 1. The number of hydrogen-bond donors (Lipinski definition) is 0. The molecule has 2 heterocycles. The van der Waals surface area contributed by atoms with Crippen molar-refractivity contribution < 1.29 is 4.74 Å². The van der Waals surface area contributed by atoms with Crippen molar-refractivity contribution in [2.75, 3.05) is 52.5 Å². The highest BCUT2D eigenvalue weighted by Gasteiger charge is 2.26. The van der Waals surface area contributed by atoms with Crippen LogP contribution in [0.4, 0.5) is 0 Å². The molecule has 6 heteroatoms. The smallest absolute Gasteiger partial charge is 0.0642 e. The zero-order valence-electron chi connectivity index (χ0n) is 19.7. The Labute approximate surface area is 207 Å². The molecule has 0 saturated carbocycles. The molecule has 0 radical (unpaired) electrons. The molecule has 2 aromatic carbocycles. The minimum Gasteiger partial charge on any atom is -0.378 e. The van der Waals surface area contributed by atoms with Gasteiger partial charge < -0.3 is 9.64 Å². The van der Waals surface area contributed by atoms with Crippen LogP contribution in [-0.4, -0.2) is 73.5 Å². The third kappa shape index (κ3) is 5.90. The van der Waals surface area contributed by atoms with Crippen LogP contribution in [0.15, 0.2) is 76.5 Å². The molecule has 0 atom stereocenters. The van der Waals surface area contributed by atoms with E-state index in [-0.39, 0.29) is 0 Å².